The average Bonchev–Trinajstić information content (AvgIpc) is 2.01. The summed E-state index contributed by atoms with van der Waals surface area (Å²) in [7, 11) is 0. The fraction of sp³-hybridized carbons (Fsp3) is 0.797. The van der Waals surface area contributed by atoms with Crippen LogP contribution in [0.1, 0.15) is 284 Å². The number of aliphatic hydroxyl groups excluding tert-OH is 8. The molecule has 0 spiro atoms. The normalized spacial score (nSPS) is 23.7. The van der Waals surface area contributed by atoms with Crippen molar-refractivity contribution in [2.45, 2.75) is 357 Å². The van der Waals surface area contributed by atoms with Crippen molar-refractivity contribution in [3.05, 3.63) is 85.1 Å². The second kappa shape index (κ2) is 58.0. The van der Waals surface area contributed by atoms with Crippen LogP contribution in [-0.4, -0.2) is 140 Å². The first-order valence-electron chi connectivity index (χ1n) is 35.8. The van der Waals surface area contributed by atoms with Crippen LogP contribution in [0.15, 0.2) is 85.1 Å². The Morgan fingerprint density at radius 2 is 0.784 bits per heavy atom. The molecule has 9 N–H and O–H groups in total. The summed E-state index contributed by atoms with van der Waals surface area (Å²) in [6, 6.07) is -0.945. The van der Waals surface area contributed by atoms with E-state index in [1.54, 1.807) is 6.08 Å². The van der Waals surface area contributed by atoms with Crippen LogP contribution in [0, 0.1) is 0 Å². The van der Waals surface area contributed by atoms with Gasteiger partial charge in [-0.1, -0.05) is 292 Å². The lowest BCUT2D eigenvalue weighted by molar-refractivity contribution is -0.359. The molecule has 0 aliphatic carbocycles. The number of carbonyl (C=O) groups is 1. The van der Waals surface area contributed by atoms with Crippen LogP contribution >= 0.6 is 0 Å². The zero-order valence-corrected chi connectivity index (χ0v) is 55.4. The SMILES string of the molecule is CC/C=C\C/C=C\C/C=C\C/C=C\C/C=C\C/C=C\CCCCC(=O)NC(COC1OC(CO)C(OC2OC(CO)C(O)C(O)C2O)C(O)C1O)C(O)/C=C/CCCCCCCCCCCCCCCCCCCCCCCCCCCCCCCCC. The second-order valence-corrected chi connectivity index (χ2v) is 25.0. The Morgan fingerprint density at radius 3 is 1.20 bits per heavy atom. The molecule has 0 radical (unpaired) electrons. The molecule has 0 aromatic carbocycles. The van der Waals surface area contributed by atoms with Gasteiger partial charge in [0.1, 0.15) is 48.8 Å². The lowest BCUT2D eigenvalue weighted by Crippen LogP contribution is -2.65. The third-order valence-corrected chi connectivity index (χ3v) is 17.1. The van der Waals surface area contributed by atoms with Crippen LogP contribution in [0.25, 0.3) is 0 Å². The minimum absolute atomic E-state index is 0.222. The number of rotatable bonds is 58. The first kappa shape index (κ1) is 81.3. The Hall–Kier alpha value is -2.83. The Kier molecular flexibility index (Phi) is 53.6. The summed E-state index contributed by atoms with van der Waals surface area (Å²) < 4.78 is 22.8. The van der Waals surface area contributed by atoms with Gasteiger partial charge in [-0.2, -0.15) is 0 Å². The number of unbranched alkanes of at least 4 members (excludes halogenated alkanes) is 33. The smallest absolute Gasteiger partial charge is 0.220 e. The highest BCUT2D eigenvalue weighted by atomic mass is 16.7. The quantitative estimate of drug-likeness (QED) is 0.0204. The molecule has 14 heteroatoms. The highest BCUT2D eigenvalue weighted by Gasteiger charge is 2.51. The van der Waals surface area contributed by atoms with Gasteiger partial charge in [-0.3, -0.25) is 4.79 Å². The molecule has 2 heterocycles. The van der Waals surface area contributed by atoms with Gasteiger partial charge in [0.15, 0.2) is 12.6 Å². The van der Waals surface area contributed by atoms with E-state index >= 15 is 0 Å². The molecule has 0 saturated carbocycles. The summed E-state index contributed by atoms with van der Waals surface area (Å²) in [4.78, 5) is 13.3. The molecule has 12 atom stereocenters. The first-order valence-corrected chi connectivity index (χ1v) is 35.8. The highest BCUT2D eigenvalue weighted by molar-refractivity contribution is 5.76. The minimum Gasteiger partial charge on any atom is -0.394 e. The van der Waals surface area contributed by atoms with Crippen molar-refractivity contribution >= 4 is 5.91 Å². The molecule has 0 aromatic rings. The van der Waals surface area contributed by atoms with Gasteiger partial charge in [-0.15, -0.1) is 0 Å². The number of amides is 1. The Morgan fingerprint density at radius 1 is 0.420 bits per heavy atom. The largest absolute Gasteiger partial charge is 0.394 e. The lowest BCUT2D eigenvalue weighted by Gasteiger charge is -2.46. The van der Waals surface area contributed by atoms with E-state index in [9.17, 15) is 45.6 Å². The molecule has 510 valence electrons. The van der Waals surface area contributed by atoms with Gasteiger partial charge in [-0.05, 0) is 70.6 Å². The minimum atomic E-state index is -1.80. The van der Waals surface area contributed by atoms with E-state index in [4.69, 9.17) is 18.9 Å². The summed E-state index contributed by atoms with van der Waals surface area (Å²) in [6.45, 7) is 2.68. The van der Waals surface area contributed by atoms with Gasteiger partial charge >= 0.3 is 0 Å². The summed E-state index contributed by atoms with van der Waals surface area (Å²) in [5.41, 5.74) is 0. The molecular weight excluding hydrogens is 1110 g/mol. The van der Waals surface area contributed by atoms with Gasteiger partial charge < -0.3 is 65.1 Å². The molecule has 14 nitrogen and oxygen atoms in total. The van der Waals surface area contributed by atoms with Gasteiger partial charge in [0.05, 0.1) is 32.0 Å². The molecule has 2 rings (SSSR count). The second-order valence-electron chi connectivity index (χ2n) is 25.0. The predicted molar refractivity (Wildman–Crippen MR) is 360 cm³/mol. The van der Waals surface area contributed by atoms with E-state index in [-0.39, 0.29) is 18.9 Å². The maximum atomic E-state index is 13.3. The van der Waals surface area contributed by atoms with Crippen molar-refractivity contribution in [2.75, 3.05) is 19.8 Å². The van der Waals surface area contributed by atoms with E-state index in [1.165, 1.54) is 186 Å². The van der Waals surface area contributed by atoms with E-state index < -0.39 is 86.8 Å². The fourth-order valence-corrected chi connectivity index (χ4v) is 11.4. The number of hydrogen-bond donors (Lipinski definition) is 9. The van der Waals surface area contributed by atoms with Crippen molar-refractivity contribution in [2.24, 2.45) is 0 Å². The molecule has 0 bridgehead atoms. The van der Waals surface area contributed by atoms with Crippen LogP contribution in [0.3, 0.4) is 0 Å². The van der Waals surface area contributed by atoms with Gasteiger partial charge in [0.2, 0.25) is 5.91 Å². The highest BCUT2D eigenvalue weighted by Crippen LogP contribution is 2.30. The number of nitrogens with one attached hydrogen (secondary N) is 1. The fourth-order valence-electron chi connectivity index (χ4n) is 11.4. The van der Waals surface area contributed by atoms with Gasteiger partial charge in [0, 0.05) is 6.42 Å². The van der Waals surface area contributed by atoms with Crippen molar-refractivity contribution in [1.29, 1.82) is 0 Å². The molecule has 2 aliphatic heterocycles. The number of hydrogen-bond acceptors (Lipinski definition) is 13. The molecule has 1 amide bonds. The average molecular weight is 1240 g/mol. The Bertz CT molecular complexity index is 1800. The number of allylic oxidation sites excluding steroid dienone is 13. The van der Waals surface area contributed by atoms with Crippen molar-refractivity contribution in [1.82, 2.24) is 5.32 Å². The summed E-state index contributed by atoms with van der Waals surface area (Å²) in [5.74, 6) is -0.281. The van der Waals surface area contributed by atoms with Gasteiger partial charge in [0.25, 0.3) is 0 Å². The number of aliphatic hydroxyl groups is 8. The zero-order valence-electron chi connectivity index (χ0n) is 55.4. The molecule has 88 heavy (non-hydrogen) atoms. The number of carbonyl (C=O) groups excluding carboxylic acids is 1. The van der Waals surface area contributed by atoms with Crippen LogP contribution in [0.5, 0.6) is 0 Å². The molecule has 2 aliphatic rings. The Balaban J connectivity index is 1.67. The van der Waals surface area contributed by atoms with Crippen molar-refractivity contribution in [3.63, 3.8) is 0 Å². The molecule has 0 aromatic heterocycles. The summed E-state index contributed by atoms with van der Waals surface area (Å²) >= 11 is 0. The molecular formula is C74H131NO13. The number of ether oxygens (including phenoxy) is 4. The Labute approximate surface area is 535 Å². The predicted octanol–water partition coefficient (Wildman–Crippen LogP) is 14.8. The van der Waals surface area contributed by atoms with Crippen LogP contribution in [-0.2, 0) is 23.7 Å². The summed E-state index contributed by atoms with van der Waals surface area (Å²) in [5, 5.41) is 87.4. The van der Waals surface area contributed by atoms with E-state index in [0.717, 1.165) is 70.6 Å². The standard InChI is InChI=1S/C74H131NO13/c1-3-5-7-9-11-13-15-17-19-21-23-25-26-27-28-29-30-31-32-33-34-35-36-38-39-41-43-45-47-49-51-53-55-57-63(78)62(61-85-73-71(84)69(82)72(65(60-77)87-73)88-74-70(83)68(81)67(80)64(59-76)86-74)75-66(79)58-56-54-52-50-48-46-44-42-40-37-24-22-20-18-16-14-12-10-8-6-4-2/h6,8,12,14,18,20,24,37,42,44,48,50,55,57,62-65,67-74,76-78,80-84H,3-5,7,9-11,13,15-17,19,21-23,25-36,38-41,43,45-47,49,51-54,56,58-61H2,1-2H3,(H,75,79)/b8-6-,14-12-,20-18-,37-24-,44-42-,50-48-,57-55+. The maximum absolute atomic E-state index is 13.3. The van der Waals surface area contributed by atoms with E-state index in [1.807, 2.05) is 6.08 Å². The van der Waals surface area contributed by atoms with E-state index in [0.29, 0.717) is 6.42 Å². The van der Waals surface area contributed by atoms with Crippen molar-refractivity contribution < 1.29 is 64.6 Å². The molecule has 2 fully saturated rings. The van der Waals surface area contributed by atoms with Crippen LogP contribution in [0.2, 0.25) is 0 Å². The molecule has 12 unspecified atom stereocenters. The summed E-state index contributed by atoms with van der Waals surface area (Å²) in [6.07, 6.45) is 63.7. The van der Waals surface area contributed by atoms with Crippen LogP contribution in [0.4, 0.5) is 0 Å². The van der Waals surface area contributed by atoms with Crippen LogP contribution < -0.4 is 5.32 Å². The topological polar surface area (TPSA) is 228 Å². The van der Waals surface area contributed by atoms with E-state index in [2.05, 4.69) is 92.1 Å². The van der Waals surface area contributed by atoms with Gasteiger partial charge in [-0.25, -0.2) is 0 Å². The van der Waals surface area contributed by atoms with Crippen molar-refractivity contribution in [3.8, 4) is 0 Å². The first-order chi connectivity index (χ1) is 43.1. The monoisotopic (exact) mass is 1240 g/mol. The lowest BCUT2D eigenvalue weighted by atomic mass is 9.97. The molecule has 2 saturated heterocycles. The zero-order chi connectivity index (χ0) is 63.8. The maximum Gasteiger partial charge on any atom is 0.220 e. The third kappa shape index (κ3) is 41.6. The third-order valence-electron chi connectivity index (χ3n) is 17.1.